The Balaban J connectivity index is 1.91. The Morgan fingerprint density at radius 2 is 2.22 bits per heavy atom. The van der Waals surface area contributed by atoms with E-state index in [0.29, 0.717) is 22.8 Å². The van der Waals surface area contributed by atoms with Gasteiger partial charge in [0.15, 0.2) is 0 Å². The first-order valence-corrected chi connectivity index (χ1v) is 6.77. The molecule has 1 heterocycles. The highest BCUT2D eigenvalue weighted by atomic mass is 35.5. The van der Waals surface area contributed by atoms with E-state index in [2.05, 4.69) is 5.32 Å². The van der Waals surface area contributed by atoms with Gasteiger partial charge >= 0.3 is 0 Å². The third-order valence-corrected chi connectivity index (χ3v) is 3.57. The molecule has 0 saturated heterocycles. The molecule has 0 radical (unpaired) electrons. The zero-order chi connectivity index (χ0) is 13.0. The minimum absolute atomic E-state index is 0.152. The third-order valence-electron chi connectivity index (χ3n) is 2.42. The number of benzene rings is 1. The van der Waals surface area contributed by atoms with E-state index in [1.807, 2.05) is 17.5 Å². The van der Waals surface area contributed by atoms with Crippen LogP contribution < -0.4 is 11.1 Å². The second-order valence-corrected chi connectivity index (χ2v) is 5.33. The van der Waals surface area contributed by atoms with E-state index in [1.165, 1.54) is 4.88 Å². The number of nitrogens with two attached hydrogens (primary N) is 1. The first-order valence-electron chi connectivity index (χ1n) is 5.52. The van der Waals surface area contributed by atoms with Crippen LogP contribution in [0.3, 0.4) is 0 Å². The van der Waals surface area contributed by atoms with E-state index in [0.717, 1.165) is 6.42 Å². The molecular weight excluding hydrogens is 268 g/mol. The van der Waals surface area contributed by atoms with Crippen LogP contribution in [0.5, 0.6) is 0 Å². The largest absolute Gasteiger partial charge is 0.399 e. The molecule has 5 heteroatoms. The first-order chi connectivity index (χ1) is 8.65. The Morgan fingerprint density at radius 3 is 2.89 bits per heavy atom. The van der Waals surface area contributed by atoms with Crippen molar-refractivity contribution in [2.75, 3.05) is 12.3 Å². The lowest BCUT2D eigenvalue weighted by molar-refractivity contribution is 0.0954. The smallest absolute Gasteiger partial charge is 0.251 e. The second kappa shape index (κ2) is 5.89. The summed E-state index contributed by atoms with van der Waals surface area (Å²) in [5.74, 6) is -0.152. The number of hydrogen-bond acceptors (Lipinski definition) is 3. The molecular formula is C13H13ClN2OS. The first kappa shape index (κ1) is 12.9. The van der Waals surface area contributed by atoms with Crippen LogP contribution >= 0.6 is 22.9 Å². The number of anilines is 1. The molecule has 18 heavy (non-hydrogen) atoms. The summed E-state index contributed by atoms with van der Waals surface area (Å²) in [5.41, 5.74) is 6.62. The molecule has 0 atom stereocenters. The molecule has 3 N–H and O–H groups in total. The summed E-state index contributed by atoms with van der Waals surface area (Å²) in [5, 5.41) is 5.34. The summed E-state index contributed by atoms with van der Waals surface area (Å²) in [6.07, 6.45) is 0.833. The van der Waals surface area contributed by atoms with Gasteiger partial charge in [0.2, 0.25) is 0 Å². The molecule has 3 nitrogen and oxygen atoms in total. The van der Waals surface area contributed by atoms with Crippen LogP contribution in [0, 0.1) is 0 Å². The molecule has 1 aromatic carbocycles. The molecule has 0 fully saturated rings. The van der Waals surface area contributed by atoms with Gasteiger partial charge in [0.25, 0.3) is 5.91 Å². The minimum atomic E-state index is -0.152. The molecule has 0 aliphatic carbocycles. The van der Waals surface area contributed by atoms with Gasteiger partial charge in [-0.3, -0.25) is 4.79 Å². The number of halogens is 1. The highest BCUT2D eigenvalue weighted by Gasteiger charge is 2.07. The highest BCUT2D eigenvalue weighted by Crippen LogP contribution is 2.16. The van der Waals surface area contributed by atoms with Crippen LogP contribution in [-0.2, 0) is 6.42 Å². The van der Waals surface area contributed by atoms with Crippen LogP contribution in [-0.4, -0.2) is 12.5 Å². The highest BCUT2D eigenvalue weighted by molar-refractivity contribution is 7.09. The fraction of sp³-hybridized carbons (Fsp3) is 0.154. The van der Waals surface area contributed by atoms with Crippen LogP contribution in [0.2, 0.25) is 5.02 Å². The molecule has 0 aliphatic heterocycles. The van der Waals surface area contributed by atoms with Gasteiger partial charge in [0.05, 0.1) is 0 Å². The van der Waals surface area contributed by atoms with Crippen LogP contribution in [0.15, 0.2) is 35.7 Å². The maximum absolute atomic E-state index is 11.9. The van der Waals surface area contributed by atoms with E-state index in [1.54, 1.807) is 29.5 Å². The summed E-state index contributed by atoms with van der Waals surface area (Å²) in [4.78, 5) is 13.1. The summed E-state index contributed by atoms with van der Waals surface area (Å²) in [7, 11) is 0. The zero-order valence-corrected chi connectivity index (χ0v) is 11.2. The lowest BCUT2D eigenvalue weighted by Crippen LogP contribution is -2.25. The van der Waals surface area contributed by atoms with Gasteiger partial charge in [-0.05, 0) is 36.1 Å². The Labute approximate surface area is 115 Å². The molecule has 0 bridgehead atoms. The summed E-state index contributed by atoms with van der Waals surface area (Å²) < 4.78 is 0. The zero-order valence-electron chi connectivity index (χ0n) is 9.65. The van der Waals surface area contributed by atoms with Crippen molar-refractivity contribution in [3.05, 3.63) is 51.2 Å². The number of amides is 1. The molecule has 0 aliphatic rings. The summed E-state index contributed by atoms with van der Waals surface area (Å²) >= 11 is 7.53. The van der Waals surface area contributed by atoms with Gasteiger partial charge in [-0.2, -0.15) is 0 Å². The lowest BCUT2D eigenvalue weighted by Gasteiger charge is -2.05. The molecule has 2 rings (SSSR count). The van der Waals surface area contributed by atoms with Crippen molar-refractivity contribution < 1.29 is 4.79 Å². The van der Waals surface area contributed by atoms with E-state index in [-0.39, 0.29) is 5.91 Å². The van der Waals surface area contributed by atoms with E-state index < -0.39 is 0 Å². The number of nitrogens with one attached hydrogen (secondary N) is 1. The van der Waals surface area contributed by atoms with Gasteiger partial charge in [-0.1, -0.05) is 17.7 Å². The quantitative estimate of drug-likeness (QED) is 0.846. The molecule has 0 unspecified atom stereocenters. The van der Waals surface area contributed by atoms with E-state index in [9.17, 15) is 4.79 Å². The molecule has 1 aromatic heterocycles. The predicted molar refractivity (Wildman–Crippen MR) is 76.2 cm³/mol. The third kappa shape index (κ3) is 3.48. The minimum Gasteiger partial charge on any atom is -0.399 e. The maximum Gasteiger partial charge on any atom is 0.251 e. The average Bonchev–Trinajstić information content (AvgIpc) is 2.80. The van der Waals surface area contributed by atoms with Crippen molar-refractivity contribution >= 4 is 34.5 Å². The molecule has 2 aromatic rings. The maximum atomic E-state index is 11.9. The Hall–Kier alpha value is -1.52. The van der Waals surface area contributed by atoms with Gasteiger partial charge in [0.1, 0.15) is 0 Å². The molecule has 1 amide bonds. The molecule has 94 valence electrons. The topological polar surface area (TPSA) is 55.1 Å². The SMILES string of the molecule is Nc1cc(Cl)cc(C(=O)NCCc2cccs2)c1. The second-order valence-electron chi connectivity index (χ2n) is 3.86. The van der Waals surface area contributed by atoms with Gasteiger partial charge in [-0.15, -0.1) is 11.3 Å². The number of carbonyl (C=O) groups excluding carboxylic acids is 1. The van der Waals surface area contributed by atoms with Crippen LogP contribution in [0.25, 0.3) is 0 Å². The molecule has 0 spiro atoms. The van der Waals surface area contributed by atoms with Crippen molar-refractivity contribution in [2.24, 2.45) is 0 Å². The van der Waals surface area contributed by atoms with Crippen LogP contribution in [0.1, 0.15) is 15.2 Å². The monoisotopic (exact) mass is 280 g/mol. The summed E-state index contributed by atoms with van der Waals surface area (Å²) in [6, 6.07) is 8.89. The normalized spacial score (nSPS) is 10.3. The predicted octanol–water partition coefficient (Wildman–Crippen LogP) is 2.96. The number of rotatable bonds is 4. The number of thiophene rings is 1. The van der Waals surface area contributed by atoms with Crippen molar-refractivity contribution in [1.82, 2.24) is 5.32 Å². The van der Waals surface area contributed by atoms with Crippen molar-refractivity contribution in [3.63, 3.8) is 0 Å². The van der Waals surface area contributed by atoms with Crippen molar-refractivity contribution in [2.45, 2.75) is 6.42 Å². The fourth-order valence-corrected chi connectivity index (χ4v) is 2.55. The lowest BCUT2D eigenvalue weighted by atomic mass is 10.2. The van der Waals surface area contributed by atoms with E-state index in [4.69, 9.17) is 17.3 Å². The van der Waals surface area contributed by atoms with Crippen molar-refractivity contribution in [1.29, 1.82) is 0 Å². The number of hydrogen-bond donors (Lipinski definition) is 2. The van der Waals surface area contributed by atoms with Crippen LogP contribution in [0.4, 0.5) is 5.69 Å². The van der Waals surface area contributed by atoms with E-state index >= 15 is 0 Å². The Morgan fingerprint density at radius 1 is 1.39 bits per heavy atom. The Bertz CT molecular complexity index is 520. The fourth-order valence-electron chi connectivity index (χ4n) is 1.60. The standard InChI is InChI=1S/C13H13ClN2OS/c14-10-6-9(7-11(15)8-10)13(17)16-4-3-12-2-1-5-18-12/h1-2,5-8H,3-4,15H2,(H,16,17). The number of nitrogen functional groups attached to an aromatic ring is 1. The van der Waals surface area contributed by atoms with Gasteiger partial charge < -0.3 is 11.1 Å². The average molecular weight is 281 g/mol. The Kier molecular flexibility index (Phi) is 4.23. The summed E-state index contributed by atoms with van der Waals surface area (Å²) in [6.45, 7) is 0.603. The molecule has 0 saturated carbocycles. The van der Waals surface area contributed by atoms with Crippen molar-refractivity contribution in [3.8, 4) is 0 Å². The number of carbonyl (C=O) groups is 1. The van der Waals surface area contributed by atoms with Gasteiger partial charge in [-0.25, -0.2) is 0 Å². The van der Waals surface area contributed by atoms with Gasteiger partial charge in [0, 0.05) is 27.7 Å².